The van der Waals surface area contributed by atoms with Gasteiger partial charge in [-0.1, -0.05) is 54.4 Å². The van der Waals surface area contributed by atoms with Crippen LogP contribution in [0.25, 0.3) is 0 Å². The van der Waals surface area contributed by atoms with Gasteiger partial charge >= 0.3 is 0 Å². The van der Waals surface area contributed by atoms with E-state index in [-0.39, 0.29) is 17.7 Å². The predicted molar refractivity (Wildman–Crippen MR) is 110 cm³/mol. The van der Waals surface area contributed by atoms with E-state index >= 15 is 0 Å². The van der Waals surface area contributed by atoms with E-state index < -0.39 is 11.0 Å². The number of hydrogen-bond acceptors (Lipinski definition) is 2. The van der Waals surface area contributed by atoms with Crippen LogP contribution in [0.2, 0.25) is 5.02 Å². The zero-order chi connectivity index (χ0) is 19.4. The van der Waals surface area contributed by atoms with E-state index in [4.69, 9.17) is 17.3 Å². The molecular weight excluding hydrogens is 356 g/mol. The van der Waals surface area contributed by atoms with Crippen molar-refractivity contribution in [2.24, 2.45) is 17.1 Å². The van der Waals surface area contributed by atoms with Crippen LogP contribution in [0, 0.1) is 25.2 Å². The molecule has 1 aliphatic carbocycles. The van der Waals surface area contributed by atoms with Gasteiger partial charge in [-0.15, -0.1) is 0 Å². The third-order valence-corrected chi connectivity index (χ3v) is 7.26. The van der Waals surface area contributed by atoms with E-state index in [1.54, 1.807) is 0 Å². The molecule has 4 atom stereocenters. The first kappa shape index (κ1) is 18.5. The molecule has 0 radical (unpaired) electrons. The van der Waals surface area contributed by atoms with E-state index in [0.717, 1.165) is 18.4 Å². The molecule has 1 aliphatic heterocycles. The lowest BCUT2D eigenvalue weighted by Crippen LogP contribution is -2.58. The van der Waals surface area contributed by atoms with Crippen molar-refractivity contribution in [1.82, 2.24) is 5.32 Å². The summed E-state index contributed by atoms with van der Waals surface area (Å²) in [6, 6.07) is 14.5. The van der Waals surface area contributed by atoms with Crippen molar-refractivity contribution in [2.75, 3.05) is 6.54 Å². The minimum Gasteiger partial charge on any atom is -0.355 e. The van der Waals surface area contributed by atoms with Crippen molar-refractivity contribution >= 4 is 17.5 Å². The lowest BCUT2D eigenvalue weighted by molar-refractivity contribution is -0.131. The van der Waals surface area contributed by atoms with Crippen molar-refractivity contribution in [3.05, 3.63) is 69.7 Å². The third kappa shape index (κ3) is 2.71. The molecular formula is C23H27ClN2O. The van der Waals surface area contributed by atoms with Crippen molar-refractivity contribution in [3.63, 3.8) is 0 Å². The average molecular weight is 383 g/mol. The number of hydrogen-bond donors (Lipinski definition) is 2. The van der Waals surface area contributed by atoms with Gasteiger partial charge in [0.2, 0.25) is 5.91 Å². The summed E-state index contributed by atoms with van der Waals surface area (Å²) >= 11 is 6.15. The summed E-state index contributed by atoms with van der Waals surface area (Å²) in [5.74, 6) is 0.332. The summed E-state index contributed by atoms with van der Waals surface area (Å²) in [4.78, 5) is 12.7. The first-order valence-corrected chi connectivity index (χ1v) is 10.0. The maximum Gasteiger partial charge on any atom is 0.226 e. The van der Waals surface area contributed by atoms with E-state index in [1.165, 1.54) is 16.7 Å². The topological polar surface area (TPSA) is 55.1 Å². The summed E-state index contributed by atoms with van der Waals surface area (Å²) < 4.78 is 0. The Bertz CT molecular complexity index is 894. The molecule has 0 spiro atoms. The normalized spacial score (nSPS) is 32.9. The van der Waals surface area contributed by atoms with Gasteiger partial charge in [-0.2, -0.15) is 0 Å². The zero-order valence-electron chi connectivity index (χ0n) is 16.2. The quantitative estimate of drug-likeness (QED) is 0.806. The lowest BCUT2D eigenvalue weighted by Gasteiger charge is -2.52. The van der Waals surface area contributed by atoms with Crippen LogP contribution in [0.4, 0.5) is 0 Å². The van der Waals surface area contributed by atoms with Gasteiger partial charge in [0.05, 0.1) is 11.0 Å². The average Bonchev–Trinajstić information content (AvgIpc) is 2.93. The van der Waals surface area contributed by atoms with Gasteiger partial charge < -0.3 is 11.1 Å². The van der Waals surface area contributed by atoms with Crippen LogP contribution in [0.5, 0.6) is 0 Å². The van der Waals surface area contributed by atoms with Gasteiger partial charge in [0.25, 0.3) is 0 Å². The van der Waals surface area contributed by atoms with E-state index in [9.17, 15) is 4.79 Å². The second-order valence-corrected chi connectivity index (χ2v) is 9.01. The second-order valence-electron chi connectivity index (χ2n) is 8.57. The van der Waals surface area contributed by atoms with Crippen LogP contribution in [0.3, 0.4) is 0 Å². The van der Waals surface area contributed by atoms with Crippen LogP contribution in [0.15, 0.2) is 42.5 Å². The molecule has 142 valence electrons. The number of halogens is 1. The molecule has 1 heterocycles. The molecule has 3 nitrogen and oxygen atoms in total. The Hall–Kier alpha value is -1.84. The first-order valence-electron chi connectivity index (χ1n) is 9.67. The molecule has 2 aromatic rings. The number of amides is 1. The Morgan fingerprint density at radius 1 is 1.15 bits per heavy atom. The van der Waals surface area contributed by atoms with Gasteiger partial charge in [0, 0.05) is 23.4 Å². The number of nitrogens with one attached hydrogen (secondary N) is 1. The number of carbonyl (C=O) groups excluding carboxylic acids is 1. The van der Waals surface area contributed by atoms with E-state index in [2.05, 4.69) is 44.3 Å². The Morgan fingerprint density at radius 3 is 2.52 bits per heavy atom. The summed E-state index contributed by atoms with van der Waals surface area (Å²) in [7, 11) is 0. The Labute approximate surface area is 166 Å². The molecule has 4 unspecified atom stereocenters. The molecule has 27 heavy (non-hydrogen) atoms. The first-order chi connectivity index (χ1) is 12.8. The van der Waals surface area contributed by atoms with E-state index in [1.807, 2.05) is 24.3 Å². The van der Waals surface area contributed by atoms with Crippen LogP contribution < -0.4 is 11.1 Å². The SMILES string of the molecule is Cc1ccc(C2CCC3(C)C(=O)NCC3C2(N)c2ccc(Cl)cc2)c(C)c1. The molecule has 3 N–H and O–H groups in total. The van der Waals surface area contributed by atoms with Crippen molar-refractivity contribution < 1.29 is 4.79 Å². The molecule has 2 fully saturated rings. The number of carbonyl (C=O) groups is 1. The Morgan fingerprint density at radius 2 is 1.85 bits per heavy atom. The maximum absolute atomic E-state index is 12.7. The Kier molecular flexibility index (Phi) is 4.36. The minimum atomic E-state index is -0.628. The molecule has 2 aliphatic rings. The molecule has 4 heteroatoms. The number of fused-ring (bicyclic) bond motifs is 1. The third-order valence-electron chi connectivity index (χ3n) is 7.01. The molecule has 1 saturated carbocycles. The van der Waals surface area contributed by atoms with Crippen molar-refractivity contribution in [1.29, 1.82) is 0 Å². The van der Waals surface area contributed by atoms with Gasteiger partial charge in [0.1, 0.15) is 0 Å². The fraction of sp³-hybridized carbons (Fsp3) is 0.435. The van der Waals surface area contributed by atoms with Crippen molar-refractivity contribution in [2.45, 2.75) is 45.1 Å². The van der Waals surface area contributed by atoms with Crippen LogP contribution in [-0.2, 0) is 10.3 Å². The highest BCUT2D eigenvalue weighted by Gasteiger charge is 2.61. The fourth-order valence-electron chi connectivity index (χ4n) is 5.46. The van der Waals surface area contributed by atoms with Crippen LogP contribution in [-0.4, -0.2) is 12.5 Å². The highest BCUT2D eigenvalue weighted by Crippen LogP contribution is 2.58. The summed E-state index contributed by atoms with van der Waals surface area (Å²) in [6.07, 6.45) is 1.75. The zero-order valence-corrected chi connectivity index (χ0v) is 16.9. The number of benzene rings is 2. The van der Waals surface area contributed by atoms with Gasteiger partial charge in [0.15, 0.2) is 0 Å². The highest BCUT2D eigenvalue weighted by molar-refractivity contribution is 6.30. The number of rotatable bonds is 2. The second kappa shape index (κ2) is 6.35. The molecule has 4 rings (SSSR count). The molecule has 1 saturated heterocycles. The number of aryl methyl sites for hydroxylation is 2. The minimum absolute atomic E-state index is 0.0399. The van der Waals surface area contributed by atoms with Gasteiger partial charge in [-0.25, -0.2) is 0 Å². The highest BCUT2D eigenvalue weighted by atomic mass is 35.5. The van der Waals surface area contributed by atoms with Gasteiger partial charge in [-0.05, 0) is 55.5 Å². The summed E-state index contributed by atoms with van der Waals surface area (Å²) in [6.45, 7) is 6.98. The fourth-order valence-corrected chi connectivity index (χ4v) is 5.59. The smallest absolute Gasteiger partial charge is 0.226 e. The lowest BCUT2D eigenvalue weighted by atomic mass is 9.53. The largest absolute Gasteiger partial charge is 0.355 e. The maximum atomic E-state index is 12.7. The van der Waals surface area contributed by atoms with Crippen LogP contribution >= 0.6 is 11.6 Å². The molecule has 0 aromatic heterocycles. The van der Waals surface area contributed by atoms with Gasteiger partial charge in [-0.3, -0.25) is 4.79 Å². The molecule has 1 amide bonds. The summed E-state index contributed by atoms with van der Waals surface area (Å²) in [5, 5.41) is 3.79. The standard InChI is InChI=1S/C23H27ClN2O/c1-14-4-9-18(15(2)12-14)19-10-11-22(3)20(13-26-21(22)27)23(19,25)16-5-7-17(24)8-6-16/h4-9,12,19-20H,10-11,13,25H2,1-3H3,(H,26,27). The Balaban J connectivity index is 1.90. The number of nitrogens with two attached hydrogens (primary N) is 1. The van der Waals surface area contributed by atoms with Crippen molar-refractivity contribution in [3.8, 4) is 0 Å². The van der Waals surface area contributed by atoms with E-state index in [0.29, 0.717) is 11.6 Å². The van der Waals surface area contributed by atoms with Crippen LogP contribution in [0.1, 0.15) is 47.9 Å². The summed E-state index contributed by atoms with van der Waals surface area (Å²) in [5.41, 5.74) is 11.1. The molecule has 2 aromatic carbocycles. The molecule has 0 bridgehead atoms. The monoisotopic (exact) mass is 382 g/mol. The predicted octanol–water partition coefficient (Wildman–Crippen LogP) is 4.44.